The van der Waals surface area contributed by atoms with Gasteiger partial charge in [-0.1, -0.05) is 49.4 Å². The lowest BCUT2D eigenvalue weighted by molar-refractivity contribution is 0.141. The summed E-state index contributed by atoms with van der Waals surface area (Å²) in [5.74, 6) is 1.27. The van der Waals surface area contributed by atoms with Gasteiger partial charge in [0.2, 0.25) is 0 Å². The molecule has 3 heterocycles. The van der Waals surface area contributed by atoms with Crippen molar-refractivity contribution in [2.24, 2.45) is 5.92 Å². The van der Waals surface area contributed by atoms with E-state index >= 15 is 0 Å². The van der Waals surface area contributed by atoms with Gasteiger partial charge in [0.25, 0.3) is 5.56 Å². The highest BCUT2D eigenvalue weighted by Crippen LogP contribution is 2.31. The summed E-state index contributed by atoms with van der Waals surface area (Å²) < 4.78 is 1.84. The molecule has 0 aliphatic carbocycles. The van der Waals surface area contributed by atoms with Gasteiger partial charge in [-0.2, -0.15) is 0 Å². The Labute approximate surface area is 193 Å². The van der Waals surface area contributed by atoms with E-state index in [1.807, 2.05) is 28.9 Å². The molecule has 33 heavy (non-hydrogen) atoms. The van der Waals surface area contributed by atoms with Crippen molar-refractivity contribution in [2.45, 2.75) is 46.2 Å². The van der Waals surface area contributed by atoms with Crippen LogP contribution in [0.4, 0.5) is 0 Å². The summed E-state index contributed by atoms with van der Waals surface area (Å²) >= 11 is 0. The molecule has 0 radical (unpaired) electrons. The van der Waals surface area contributed by atoms with Gasteiger partial charge in [-0.3, -0.25) is 9.69 Å². The Morgan fingerprint density at radius 3 is 2.76 bits per heavy atom. The highest BCUT2D eigenvalue weighted by atomic mass is 16.1. The summed E-state index contributed by atoms with van der Waals surface area (Å²) in [6.07, 6.45) is 2.30. The zero-order valence-electron chi connectivity index (χ0n) is 19.5. The Morgan fingerprint density at radius 1 is 1.15 bits per heavy atom. The number of fused-ring (bicyclic) bond motifs is 1. The average molecular weight is 443 g/mol. The number of nitrogens with one attached hydrogen (secondary N) is 1. The van der Waals surface area contributed by atoms with Crippen LogP contribution in [-0.2, 0) is 6.54 Å². The Kier molecular flexibility index (Phi) is 5.81. The van der Waals surface area contributed by atoms with Crippen LogP contribution in [0.1, 0.15) is 53.9 Å². The molecule has 7 nitrogen and oxygen atoms in total. The summed E-state index contributed by atoms with van der Waals surface area (Å²) in [5, 5.41) is 13.8. The average Bonchev–Trinajstić information content (AvgIpc) is 3.26. The molecule has 0 amide bonds. The molecule has 0 spiro atoms. The number of H-pyrrole nitrogens is 1. The monoisotopic (exact) mass is 442 g/mol. The van der Waals surface area contributed by atoms with Gasteiger partial charge >= 0.3 is 0 Å². The van der Waals surface area contributed by atoms with Gasteiger partial charge in [0, 0.05) is 12.1 Å². The summed E-state index contributed by atoms with van der Waals surface area (Å²) in [6.45, 7) is 8.78. The number of tetrazole rings is 1. The van der Waals surface area contributed by atoms with E-state index in [0.717, 1.165) is 41.5 Å². The third kappa shape index (κ3) is 4.20. The van der Waals surface area contributed by atoms with Gasteiger partial charge in [0.05, 0.1) is 12.1 Å². The van der Waals surface area contributed by atoms with E-state index in [9.17, 15) is 4.79 Å². The zero-order chi connectivity index (χ0) is 22.9. The van der Waals surface area contributed by atoms with Gasteiger partial charge in [0.1, 0.15) is 6.04 Å². The summed E-state index contributed by atoms with van der Waals surface area (Å²) in [5.41, 5.74) is 4.92. The van der Waals surface area contributed by atoms with Crippen molar-refractivity contribution in [3.8, 4) is 0 Å². The fourth-order valence-corrected chi connectivity index (χ4v) is 4.98. The van der Waals surface area contributed by atoms with Crippen LogP contribution in [0.25, 0.3) is 10.9 Å². The van der Waals surface area contributed by atoms with E-state index in [-0.39, 0.29) is 11.6 Å². The molecular formula is C26H30N6O. The molecule has 0 bridgehead atoms. The second-order valence-corrected chi connectivity index (χ2v) is 9.35. The molecule has 1 fully saturated rings. The lowest BCUT2D eigenvalue weighted by Crippen LogP contribution is -2.41. The second kappa shape index (κ2) is 8.90. The topological polar surface area (TPSA) is 79.7 Å². The minimum absolute atomic E-state index is 0.0753. The Bertz CT molecular complexity index is 1330. The quantitative estimate of drug-likeness (QED) is 0.505. The summed E-state index contributed by atoms with van der Waals surface area (Å²) in [6, 6.07) is 16.1. The first-order valence-electron chi connectivity index (χ1n) is 11.7. The number of hydrogen-bond acceptors (Lipinski definition) is 5. The van der Waals surface area contributed by atoms with Crippen molar-refractivity contribution in [3.05, 3.63) is 87.0 Å². The fraction of sp³-hybridized carbons (Fsp3) is 0.385. The van der Waals surface area contributed by atoms with Gasteiger partial charge in [-0.25, -0.2) is 4.68 Å². The number of benzene rings is 2. The van der Waals surface area contributed by atoms with Crippen molar-refractivity contribution in [1.29, 1.82) is 0 Å². The van der Waals surface area contributed by atoms with E-state index in [1.54, 1.807) is 0 Å². The Balaban J connectivity index is 1.64. The van der Waals surface area contributed by atoms with Crippen LogP contribution in [0.15, 0.2) is 53.3 Å². The molecule has 0 saturated carbocycles. The minimum Gasteiger partial charge on any atom is -0.321 e. The number of piperidine rings is 1. The molecule has 1 N–H and O–H groups in total. The van der Waals surface area contributed by atoms with Crippen molar-refractivity contribution in [3.63, 3.8) is 0 Å². The largest absolute Gasteiger partial charge is 0.321 e. The van der Waals surface area contributed by atoms with Crippen molar-refractivity contribution >= 4 is 10.9 Å². The maximum absolute atomic E-state index is 13.5. The number of pyridine rings is 1. The standard InChI is InChI=1S/C26H30N6O/c1-17-8-7-13-31(15-17)24(25-28-29-30-32(25)16-20-9-5-4-6-10-20)22-14-21-12-11-18(2)19(3)23(21)27-26(22)33/h4-6,9-12,14,17,24H,7-8,13,15-16H2,1-3H3,(H,27,33)/t17-,24+/m0/s1. The van der Waals surface area contributed by atoms with Gasteiger partial charge < -0.3 is 4.98 Å². The molecule has 4 aromatic rings. The lowest BCUT2D eigenvalue weighted by Gasteiger charge is -2.36. The summed E-state index contributed by atoms with van der Waals surface area (Å²) in [7, 11) is 0. The molecule has 170 valence electrons. The number of rotatable bonds is 5. The van der Waals surface area contributed by atoms with Crippen LogP contribution in [0, 0.1) is 19.8 Å². The van der Waals surface area contributed by atoms with E-state index < -0.39 is 0 Å². The molecule has 5 rings (SSSR count). The van der Waals surface area contributed by atoms with Gasteiger partial charge in [-0.15, -0.1) is 5.10 Å². The first-order valence-corrected chi connectivity index (χ1v) is 11.7. The second-order valence-electron chi connectivity index (χ2n) is 9.35. The van der Waals surface area contributed by atoms with Crippen molar-refractivity contribution in [2.75, 3.05) is 13.1 Å². The van der Waals surface area contributed by atoms with Crippen molar-refractivity contribution < 1.29 is 0 Å². The highest BCUT2D eigenvalue weighted by Gasteiger charge is 2.32. The van der Waals surface area contributed by atoms with Gasteiger partial charge in [-0.05, 0) is 77.7 Å². The first kappa shape index (κ1) is 21.5. The van der Waals surface area contributed by atoms with Crippen molar-refractivity contribution in [1.82, 2.24) is 30.1 Å². The Hall–Kier alpha value is -3.32. The minimum atomic E-state index is -0.304. The third-order valence-electron chi connectivity index (χ3n) is 6.91. The lowest BCUT2D eigenvalue weighted by atomic mass is 9.95. The van der Waals surface area contributed by atoms with E-state index in [0.29, 0.717) is 23.9 Å². The van der Waals surface area contributed by atoms with Crippen LogP contribution in [-0.4, -0.2) is 43.2 Å². The number of likely N-dealkylation sites (tertiary alicyclic amines) is 1. The number of aromatic amines is 1. The predicted molar refractivity (Wildman–Crippen MR) is 129 cm³/mol. The number of nitrogens with zero attached hydrogens (tertiary/aromatic N) is 5. The molecule has 7 heteroatoms. The number of hydrogen-bond donors (Lipinski definition) is 1. The van der Waals surface area contributed by atoms with Crippen LogP contribution in [0.3, 0.4) is 0 Å². The SMILES string of the molecule is Cc1ccc2cc([C@H](c3nnnn3Cc3ccccc3)N3CCC[C@H](C)C3)c(=O)[nH]c2c1C. The van der Waals surface area contributed by atoms with Crippen LogP contribution < -0.4 is 5.56 Å². The maximum atomic E-state index is 13.5. The van der Waals surface area contributed by atoms with E-state index in [2.05, 4.69) is 70.4 Å². The number of aromatic nitrogens is 5. The van der Waals surface area contributed by atoms with Crippen LogP contribution >= 0.6 is 0 Å². The number of aryl methyl sites for hydroxylation is 2. The van der Waals surface area contributed by atoms with Gasteiger partial charge in [0.15, 0.2) is 5.82 Å². The Morgan fingerprint density at radius 2 is 1.97 bits per heavy atom. The highest BCUT2D eigenvalue weighted by molar-refractivity contribution is 5.83. The molecule has 0 unspecified atom stereocenters. The van der Waals surface area contributed by atoms with E-state index in [1.165, 1.54) is 12.0 Å². The first-order chi connectivity index (χ1) is 16.0. The molecule has 2 aromatic heterocycles. The smallest absolute Gasteiger partial charge is 0.253 e. The fourth-order valence-electron chi connectivity index (χ4n) is 4.98. The normalized spacial score (nSPS) is 18.0. The maximum Gasteiger partial charge on any atom is 0.253 e. The van der Waals surface area contributed by atoms with Crippen LogP contribution in [0.5, 0.6) is 0 Å². The third-order valence-corrected chi connectivity index (χ3v) is 6.91. The zero-order valence-corrected chi connectivity index (χ0v) is 19.5. The molecule has 1 saturated heterocycles. The molecule has 1 aliphatic heterocycles. The van der Waals surface area contributed by atoms with E-state index in [4.69, 9.17) is 0 Å². The predicted octanol–water partition coefficient (Wildman–Crippen LogP) is 4.00. The van der Waals surface area contributed by atoms with Crippen LogP contribution in [0.2, 0.25) is 0 Å². The molecular weight excluding hydrogens is 412 g/mol. The summed E-state index contributed by atoms with van der Waals surface area (Å²) in [4.78, 5) is 19.0. The molecule has 1 aliphatic rings. The molecule has 2 atom stereocenters. The molecule has 2 aromatic carbocycles.